The summed E-state index contributed by atoms with van der Waals surface area (Å²) in [6, 6.07) is 11.1. The van der Waals surface area contributed by atoms with Crippen LogP contribution in [0, 0.1) is 13.8 Å². The molecule has 0 N–H and O–H groups in total. The first-order valence-electron chi connectivity index (χ1n) is 9.30. The summed E-state index contributed by atoms with van der Waals surface area (Å²) in [5, 5.41) is 5.52. The second-order valence-corrected chi connectivity index (χ2v) is 8.19. The third-order valence-electron chi connectivity index (χ3n) is 4.63. The van der Waals surface area contributed by atoms with E-state index in [1.54, 1.807) is 35.0 Å². The molecule has 0 atom stereocenters. The number of hydrogen-bond donors (Lipinski definition) is 0. The van der Waals surface area contributed by atoms with Gasteiger partial charge >= 0.3 is 0 Å². The van der Waals surface area contributed by atoms with E-state index in [2.05, 4.69) is 15.1 Å². The van der Waals surface area contributed by atoms with Gasteiger partial charge in [0, 0.05) is 11.9 Å². The molecule has 9 heteroatoms. The number of rotatable bonds is 6. The fourth-order valence-electron chi connectivity index (χ4n) is 3.19. The minimum absolute atomic E-state index is 0.104. The molecule has 0 aliphatic rings. The summed E-state index contributed by atoms with van der Waals surface area (Å²) in [5.74, 6) is 0.474. The maximum Gasteiger partial charge on any atom is 0.250 e. The van der Waals surface area contributed by atoms with E-state index < -0.39 is 0 Å². The van der Waals surface area contributed by atoms with E-state index in [-0.39, 0.29) is 12.5 Å². The van der Waals surface area contributed by atoms with Crippen LogP contribution in [-0.2, 0) is 17.9 Å². The van der Waals surface area contributed by atoms with Gasteiger partial charge in [0.2, 0.25) is 0 Å². The molecule has 0 saturated carbocycles. The number of nitrogens with zero attached hydrogens (tertiary/aromatic N) is 5. The van der Waals surface area contributed by atoms with Crippen molar-refractivity contribution in [1.29, 1.82) is 0 Å². The topological polar surface area (TPSA) is 73.1 Å². The molecule has 0 fully saturated rings. The van der Waals surface area contributed by atoms with Gasteiger partial charge in [0.1, 0.15) is 17.8 Å². The van der Waals surface area contributed by atoms with Gasteiger partial charge in [0.05, 0.1) is 34.8 Å². The van der Waals surface area contributed by atoms with Crippen LogP contribution in [-0.4, -0.2) is 32.8 Å². The molecule has 0 aliphatic carbocycles. The van der Waals surface area contributed by atoms with Crippen LogP contribution in [0.1, 0.15) is 17.1 Å². The number of ether oxygens (including phenoxy) is 1. The molecule has 4 aromatic rings. The molecule has 0 bridgehead atoms. The predicted molar refractivity (Wildman–Crippen MR) is 118 cm³/mol. The SMILES string of the molecule is COc1ccc(Cl)c2sc(N(Cc3ccccn3)C(=O)Cn3nc(C)cc3C)nc12. The van der Waals surface area contributed by atoms with E-state index in [9.17, 15) is 4.79 Å². The molecule has 1 aromatic carbocycles. The highest BCUT2D eigenvalue weighted by Crippen LogP contribution is 2.39. The quantitative estimate of drug-likeness (QED) is 0.443. The number of aryl methyl sites for hydroxylation is 2. The number of pyridine rings is 1. The van der Waals surface area contributed by atoms with Crippen molar-refractivity contribution in [2.75, 3.05) is 12.0 Å². The standard InChI is InChI=1S/C21H20ClN5O2S/c1-13-10-14(2)27(25-13)12-18(28)26(11-15-6-4-5-9-23-15)21-24-19-17(29-3)8-7-16(22)20(19)30-21/h4-10H,11-12H2,1-3H3. The number of thiazole rings is 1. The third-order valence-corrected chi connectivity index (χ3v) is 6.17. The molecule has 1 amide bonds. The van der Waals surface area contributed by atoms with Crippen molar-refractivity contribution in [1.82, 2.24) is 19.7 Å². The summed E-state index contributed by atoms with van der Waals surface area (Å²) in [5.41, 5.74) is 3.19. The Bertz CT molecular complexity index is 1210. The van der Waals surface area contributed by atoms with Crippen LogP contribution in [0.15, 0.2) is 42.6 Å². The van der Waals surface area contributed by atoms with Gasteiger partial charge < -0.3 is 4.74 Å². The predicted octanol–water partition coefficient (Wildman–Crippen LogP) is 4.40. The number of methoxy groups -OCH3 is 1. The first-order chi connectivity index (χ1) is 14.5. The lowest BCUT2D eigenvalue weighted by atomic mass is 10.3. The lowest BCUT2D eigenvalue weighted by molar-refractivity contribution is -0.119. The van der Waals surface area contributed by atoms with Gasteiger partial charge in [-0.15, -0.1) is 0 Å². The zero-order chi connectivity index (χ0) is 21.3. The molecule has 0 radical (unpaired) electrons. The highest BCUT2D eigenvalue weighted by Gasteiger charge is 2.23. The van der Waals surface area contributed by atoms with E-state index in [0.717, 1.165) is 21.8 Å². The molecule has 0 spiro atoms. The number of halogens is 1. The largest absolute Gasteiger partial charge is 0.494 e. The fraction of sp³-hybridized carbons (Fsp3) is 0.238. The van der Waals surface area contributed by atoms with Gasteiger partial charge in [0.15, 0.2) is 5.13 Å². The lowest BCUT2D eigenvalue weighted by Crippen LogP contribution is -2.34. The van der Waals surface area contributed by atoms with Crippen molar-refractivity contribution in [2.24, 2.45) is 0 Å². The summed E-state index contributed by atoms with van der Waals surface area (Å²) < 4.78 is 7.90. The molecule has 3 heterocycles. The van der Waals surface area contributed by atoms with Crippen molar-refractivity contribution in [3.05, 3.63) is 64.7 Å². The summed E-state index contributed by atoms with van der Waals surface area (Å²) in [4.78, 5) is 24.0. The van der Waals surface area contributed by atoms with Gasteiger partial charge in [-0.05, 0) is 44.2 Å². The smallest absolute Gasteiger partial charge is 0.250 e. The molecule has 4 rings (SSSR count). The van der Waals surface area contributed by atoms with Crippen LogP contribution in [0.5, 0.6) is 5.75 Å². The van der Waals surface area contributed by atoms with Gasteiger partial charge in [-0.1, -0.05) is 29.0 Å². The van der Waals surface area contributed by atoms with Crippen LogP contribution in [0.2, 0.25) is 5.02 Å². The van der Waals surface area contributed by atoms with E-state index in [1.807, 2.05) is 38.1 Å². The highest BCUT2D eigenvalue weighted by atomic mass is 35.5. The number of amides is 1. The molecular formula is C21H20ClN5O2S. The summed E-state index contributed by atoms with van der Waals surface area (Å²) in [6.45, 7) is 4.23. The van der Waals surface area contributed by atoms with E-state index >= 15 is 0 Å². The Morgan fingerprint density at radius 3 is 2.77 bits per heavy atom. The number of benzene rings is 1. The van der Waals surface area contributed by atoms with Crippen LogP contribution < -0.4 is 9.64 Å². The average Bonchev–Trinajstić information content (AvgIpc) is 3.31. The first-order valence-corrected chi connectivity index (χ1v) is 10.5. The van der Waals surface area contributed by atoms with Crippen LogP contribution >= 0.6 is 22.9 Å². The lowest BCUT2D eigenvalue weighted by Gasteiger charge is -2.20. The Morgan fingerprint density at radius 1 is 1.27 bits per heavy atom. The van der Waals surface area contributed by atoms with Crippen LogP contribution in [0.3, 0.4) is 0 Å². The number of fused-ring (bicyclic) bond motifs is 1. The molecule has 0 saturated heterocycles. The fourth-order valence-corrected chi connectivity index (χ4v) is 4.46. The average molecular weight is 442 g/mol. The van der Waals surface area contributed by atoms with Crippen LogP contribution in [0.4, 0.5) is 5.13 Å². The Balaban J connectivity index is 1.75. The highest BCUT2D eigenvalue weighted by molar-refractivity contribution is 7.23. The van der Waals surface area contributed by atoms with Crippen molar-refractivity contribution >= 4 is 44.2 Å². The number of carbonyl (C=O) groups is 1. The van der Waals surface area contributed by atoms with Crippen molar-refractivity contribution < 1.29 is 9.53 Å². The molecule has 0 unspecified atom stereocenters. The second kappa shape index (κ2) is 8.41. The summed E-state index contributed by atoms with van der Waals surface area (Å²) in [7, 11) is 1.58. The Kier molecular flexibility index (Phi) is 5.69. The van der Waals surface area contributed by atoms with E-state index in [0.29, 0.717) is 28.0 Å². The van der Waals surface area contributed by atoms with E-state index in [1.165, 1.54) is 11.3 Å². The number of carbonyl (C=O) groups excluding carboxylic acids is 1. The zero-order valence-electron chi connectivity index (χ0n) is 16.8. The monoisotopic (exact) mass is 441 g/mol. The molecule has 3 aromatic heterocycles. The Labute approximate surface area is 182 Å². The van der Waals surface area contributed by atoms with Crippen molar-refractivity contribution in [3.63, 3.8) is 0 Å². The van der Waals surface area contributed by atoms with Gasteiger partial charge in [-0.2, -0.15) is 5.10 Å². The minimum Gasteiger partial charge on any atom is -0.494 e. The molecule has 154 valence electrons. The third kappa shape index (κ3) is 4.01. The summed E-state index contributed by atoms with van der Waals surface area (Å²) in [6.07, 6.45) is 1.71. The zero-order valence-corrected chi connectivity index (χ0v) is 18.4. The molecule has 30 heavy (non-hydrogen) atoms. The Hall–Kier alpha value is -2.97. The normalized spacial score (nSPS) is 11.1. The van der Waals surface area contributed by atoms with Crippen LogP contribution in [0.25, 0.3) is 10.2 Å². The summed E-state index contributed by atoms with van der Waals surface area (Å²) >= 11 is 7.74. The maximum atomic E-state index is 13.3. The van der Waals surface area contributed by atoms with Gasteiger partial charge in [-0.25, -0.2) is 4.98 Å². The number of aromatic nitrogens is 4. The van der Waals surface area contributed by atoms with E-state index in [4.69, 9.17) is 16.3 Å². The minimum atomic E-state index is -0.138. The molecular weight excluding hydrogens is 422 g/mol. The van der Waals surface area contributed by atoms with Gasteiger partial charge in [0.25, 0.3) is 5.91 Å². The number of anilines is 1. The molecule has 7 nitrogen and oxygen atoms in total. The van der Waals surface area contributed by atoms with Crippen molar-refractivity contribution in [3.8, 4) is 5.75 Å². The second-order valence-electron chi connectivity index (χ2n) is 6.81. The first kappa shape index (κ1) is 20.3. The Morgan fingerprint density at radius 2 is 2.10 bits per heavy atom. The maximum absolute atomic E-state index is 13.3. The van der Waals surface area contributed by atoms with Crippen molar-refractivity contribution in [2.45, 2.75) is 26.9 Å². The number of hydrogen-bond acceptors (Lipinski definition) is 6. The van der Waals surface area contributed by atoms with Gasteiger partial charge in [-0.3, -0.25) is 19.4 Å². The molecule has 0 aliphatic heterocycles.